The van der Waals surface area contributed by atoms with Crippen LogP contribution in [0.15, 0.2) is 18.2 Å². The molecule has 4 heteroatoms. The van der Waals surface area contributed by atoms with Gasteiger partial charge in [-0.2, -0.15) is 0 Å². The van der Waals surface area contributed by atoms with Gasteiger partial charge in [0, 0.05) is 20.2 Å². The van der Waals surface area contributed by atoms with Crippen LogP contribution in [0.2, 0.25) is 0 Å². The minimum absolute atomic E-state index is 0.0862. The van der Waals surface area contributed by atoms with Crippen LogP contribution in [0.25, 0.3) is 0 Å². The van der Waals surface area contributed by atoms with Gasteiger partial charge in [-0.1, -0.05) is 32.4 Å². The first kappa shape index (κ1) is 17.1. The van der Waals surface area contributed by atoms with Crippen molar-refractivity contribution in [1.29, 1.82) is 0 Å². The van der Waals surface area contributed by atoms with Crippen molar-refractivity contribution in [2.75, 3.05) is 26.8 Å². The van der Waals surface area contributed by atoms with Crippen molar-refractivity contribution in [2.24, 2.45) is 5.41 Å². The molecule has 1 N–H and O–H groups in total. The largest absolute Gasteiger partial charge is 0.383 e. The van der Waals surface area contributed by atoms with Crippen molar-refractivity contribution in [3.8, 4) is 0 Å². The number of methoxy groups -OCH3 is 1. The van der Waals surface area contributed by atoms with Crippen molar-refractivity contribution in [3.63, 3.8) is 0 Å². The van der Waals surface area contributed by atoms with Gasteiger partial charge in [0.25, 0.3) is 0 Å². The predicted octanol–water partition coefficient (Wildman–Crippen LogP) is 3.55. The average molecular weight is 285 g/mol. The Morgan fingerprint density at radius 2 is 2.05 bits per heavy atom. The predicted molar refractivity (Wildman–Crippen MR) is 77.8 cm³/mol. The summed E-state index contributed by atoms with van der Waals surface area (Å²) < 4.78 is 32.1. The zero-order valence-electron chi connectivity index (χ0n) is 12.6. The zero-order chi connectivity index (χ0) is 15.0. The van der Waals surface area contributed by atoms with Crippen LogP contribution in [0.4, 0.5) is 8.78 Å². The van der Waals surface area contributed by atoms with Gasteiger partial charge < -0.3 is 10.1 Å². The molecule has 1 atom stereocenters. The third-order valence-corrected chi connectivity index (χ3v) is 3.54. The Morgan fingerprint density at radius 3 is 2.70 bits per heavy atom. The van der Waals surface area contributed by atoms with Crippen molar-refractivity contribution in [1.82, 2.24) is 5.32 Å². The summed E-state index contributed by atoms with van der Waals surface area (Å²) >= 11 is 0. The lowest BCUT2D eigenvalue weighted by atomic mass is 9.79. The molecule has 1 unspecified atom stereocenters. The molecule has 0 aromatic heterocycles. The highest BCUT2D eigenvalue weighted by atomic mass is 19.2. The molecule has 0 heterocycles. The van der Waals surface area contributed by atoms with Gasteiger partial charge >= 0.3 is 0 Å². The zero-order valence-corrected chi connectivity index (χ0v) is 12.6. The van der Waals surface area contributed by atoms with Crippen LogP contribution in [0.3, 0.4) is 0 Å². The number of ether oxygens (including phenoxy) is 1. The van der Waals surface area contributed by atoms with E-state index in [2.05, 4.69) is 19.2 Å². The molecule has 0 aliphatic carbocycles. The average Bonchev–Trinajstić information content (AvgIpc) is 2.41. The minimum Gasteiger partial charge on any atom is -0.383 e. The molecule has 0 amide bonds. The molecule has 20 heavy (non-hydrogen) atoms. The van der Waals surface area contributed by atoms with Gasteiger partial charge in [-0.3, -0.25) is 0 Å². The Bertz CT molecular complexity index is 411. The molecule has 0 fully saturated rings. The topological polar surface area (TPSA) is 21.3 Å². The molecule has 1 aromatic carbocycles. The maximum atomic E-state index is 13.8. The van der Waals surface area contributed by atoms with Gasteiger partial charge in [0.1, 0.15) is 0 Å². The highest BCUT2D eigenvalue weighted by Gasteiger charge is 2.25. The molecular formula is C16H25F2NO. The summed E-state index contributed by atoms with van der Waals surface area (Å²) in [5.74, 6) is -1.49. The second-order valence-electron chi connectivity index (χ2n) is 5.62. The molecule has 114 valence electrons. The Morgan fingerprint density at radius 1 is 1.30 bits per heavy atom. The lowest BCUT2D eigenvalue weighted by molar-refractivity contribution is 0.189. The molecule has 1 rings (SSSR count). The van der Waals surface area contributed by atoms with Crippen LogP contribution in [-0.2, 0) is 11.2 Å². The number of rotatable bonds is 9. The van der Waals surface area contributed by atoms with Gasteiger partial charge in [-0.25, -0.2) is 8.78 Å². The summed E-state index contributed by atoms with van der Waals surface area (Å²) in [5.41, 5.74) is 0.367. The first-order valence-electron chi connectivity index (χ1n) is 7.15. The fourth-order valence-electron chi connectivity index (χ4n) is 2.55. The lowest BCUT2D eigenvalue weighted by Gasteiger charge is -2.30. The van der Waals surface area contributed by atoms with Gasteiger partial charge in [0.05, 0.1) is 6.61 Å². The molecule has 0 saturated heterocycles. The standard InChI is InChI=1S/C16H25F2NO/c1-4-8-16(2,12-19-9-10-20-3)11-13-6-5-7-14(17)15(13)18/h5-7,19H,4,8-12H2,1-3H3. The monoisotopic (exact) mass is 285 g/mol. The molecule has 0 spiro atoms. The Labute approximate surface area is 120 Å². The SMILES string of the molecule is CCCC(C)(CNCCOC)Cc1cccc(F)c1F. The first-order valence-corrected chi connectivity index (χ1v) is 7.15. The summed E-state index contributed by atoms with van der Waals surface area (Å²) in [6.07, 6.45) is 2.51. The first-order chi connectivity index (χ1) is 9.52. The van der Waals surface area contributed by atoms with E-state index in [-0.39, 0.29) is 5.41 Å². The van der Waals surface area contributed by atoms with Crippen LogP contribution in [0.1, 0.15) is 32.3 Å². The van der Waals surface area contributed by atoms with Crippen molar-refractivity contribution in [2.45, 2.75) is 33.1 Å². The highest BCUT2D eigenvalue weighted by molar-refractivity contribution is 5.20. The number of nitrogens with one attached hydrogen (secondary N) is 1. The maximum absolute atomic E-state index is 13.8. The third-order valence-electron chi connectivity index (χ3n) is 3.54. The molecule has 0 bridgehead atoms. The van der Waals surface area contributed by atoms with E-state index < -0.39 is 11.6 Å². The van der Waals surface area contributed by atoms with Gasteiger partial charge in [0.2, 0.25) is 0 Å². The Hall–Kier alpha value is -1.00. The van der Waals surface area contributed by atoms with E-state index in [0.29, 0.717) is 18.6 Å². The summed E-state index contributed by atoms with van der Waals surface area (Å²) in [7, 11) is 1.66. The van der Waals surface area contributed by atoms with Crippen LogP contribution < -0.4 is 5.32 Å². The third kappa shape index (κ3) is 5.17. The molecule has 0 aliphatic rings. The quantitative estimate of drug-likeness (QED) is 0.701. The molecule has 0 aliphatic heterocycles. The number of hydrogen-bond acceptors (Lipinski definition) is 2. The summed E-state index contributed by atoms with van der Waals surface area (Å²) in [6, 6.07) is 4.40. The molecule has 1 aromatic rings. The summed E-state index contributed by atoms with van der Waals surface area (Å²) in [4.78, 5) is 0. The fourth-order valence-corrected chi connectivity index (χ4v) is 2.55. The van der Waals surface area contributed by atoms with Crippen molar-refractivity contribution >= 4 is 0 Å². The Balaban J connectivity index is 2.71. The smallest absolute Gasteiger partial charge is 0.162 e. The molecule has 0 saturated carbocycles. The van der Waals surface area contributed by atoms with Crippen LogP contribution in [0, 0.1) is 17.0 Å². The molecular weight excluding hydrogens is 260 g/mol. The van der Waals surface area contributed by atoms with E-state index in [0.717, 1.165) is 32.0 Å². The second kappa shape index (κ2) is 8.32. The van der Waals surface area contributed by atoms with Gasteiger partial charge in [-0.05, 0) is 29.9 Å². The van der Waals surface area contributed by atoms with E-state index in [9.17, 15) is 8.78 Å². The fraction of sp³-hybridized carbons (Fsp3) is 0.625. The van der Waals surface area contributed by atoms with E-state index in [1.807, 2.05) is 0 Å². The minimum atomic E-state index is -0.770. The molecule has 2 nitrogen and oxygen atoms in total. The normalized spacial score (nSPS) is 14.2. The second-order valence-corrected chi connectivity index (χ2v) is 5.62. The van der Waals surface area contributed by atoms with E-state index in [4.69, 9.17) is 4.74 Å². The van der Waals surface area contributed by atoms with E-state index in [1.54, 1.807) is 19.2 Å². The van der Waals surface area contributed by atoms with E-state index in [1.165, 1.54) is 0 Å². The number of halogens is 2. The van der Waals surface area contributed by atoms with Crippen LogP contribution >= 0.6 is 0 Å². The number of benzene rings is 1. The summed E-state index contributed by atoms with van der Waals surface area (Å²) in [5, 5.41) is 3.32. The van der Waals surface area contributed by atoms with Gasteiger partial charge in [-0.15, -0.1) is 0 Å². The van der Waals surface area contributed by atoms with Gasteiger partial charge in [0.15, 0.2) is 11.6 Å². The van der Waals surface area contributed by atoms with Crippen molar-refractivity contribution < 1.29 is 13.5 Å². The Kier molecular flexibility index (Phi) is 7.10. The van der Waals surface area contributed by atoms with Crippen LogP contribution in [-0.4, -0.2) is 26.8 Å². The summed E-state index contributed by atoms with van der Waals surface area (Å²) in [6.45, 7) is 6.40. The molecule has 0 radical (unpaired) electrons. The van der Waals surface area contributed by atoms with Crippen LogP contribution in [0.5, 0.6) is 0 Å². The van der Waals surface area contributed by atoms with E-state index >= 15 is 0 Å². The number of hydrogen-bond donors (Lipinski definition) is 1. The maximum Gasteiger partial charge on any atom is 0.162 e. The highest BCUT2D eigenvalue weighted by Crippen LogP contribution is 2.29. The van der Waals surface area contributed by atoms with Crippen molar-refractivity contribution in [3.05, 3.63) is 35.4 Å². The lowest BCUT2D eigenvalue weighted by Crippen LogP contribution is -2.35.